The number of amides is 1. The van der Waals surface area contributed by atoms with Gasteiger partial charge in [0.15, 0.2) is 0 Å². The fourth-order valence-corrected chi connectivity index (χ4v) is 1.49. The number of carbonyl (C=O) groups is 1. The van der Waals surface area contributed by atoms with Gasteiger partial charge >= 0.3 is 0 Å². The van der Waals surface area contributed by atoms with Crippen molar-refractivity contribution >= 4 is 5.91 Å². The summed E-state index contributed by atoms with van der Waals surface area (Å²) in [6.07, 6.45) is 4.28. The monoisotopic (exact) mass is 206 g/mol. The molecule has 0 aliphatic carbocycles. The Morgan fingerprint density at radius 2 is 2.40 bits per heavy atom. The van der Waals surface area contributed by atoms with Crippen molar-refractivity contribution in [2.75, 3.05) is 6.54 Å². The molecule has 3 nitrogen and oxygen atoms in total. The van der Waals surface area contributed by atoms with Crippen molar-refractivity contribution in [2.45, 2.75) is 19.9 Å². The van der Waals surface area contributed by atoms with Gasteiger partial charge in [0, 0.05) is 31.9 Å². The van der Waals surface area contributed by atoms with Gasteiger partial charge in [-0.25, -0.2) is 0 Å². The summed E-state index contributed by atoms with van der Waals surface area (Å²) in [5, 5.41) is 0. The van der Waals surface area contributed by atoms with Crippen LogP contribution in [0.15, 0.2) is 31.0 Å². The first-order valence-corrected chi connectivity index (χ1v) is 5.18. The maximum Gasteiger partial charge on any atom is 0.222 e. The molecule has 0 N–H and O–H groups in total. The minimum absolute atomic E-state index is 0.163. The predicted octanol–water partition coefficient (Wildman–Crippen LogP) is 1.95. The van der Waals surface area contributed by atoms with E-state index in [1.54, 1.807) is 6.08 Å². The fourth-order valence-electron chi connectivity index (χ4n) is 1.49. The Morgan fingerprint density at radius 1 is 1.67 bits per heavy atom. The van der Waals surface area contributed by atoms with Gasteiger partial charge in [0.05, 0.1) is 6.54 Å². The molecular formula is C12H18N2O. The van der Waals surface area contributed by atoms with Gasteiger partial charge in [-0.05, 0) is 12.1 Å². The van der Waals surface area contributed by atoms with Crippen LogP contribution in [-0.4, -0.2) is 21.9 Å². The summed E-state index contributed by atoms with van der Waals surface area (Å²) in [6, 6.07) is 4.01. The van der Waals surface area contributed by atoms with E-state index >= 15 is 0 Å². The van der Waals surface area contributed by atoms with E-state index in [-0.39, 0.29) is 5.91 Å². The number of nitrogens with zero attached hydrogens (tertiary/aromatic N) is 2. The Labute approximate surface area is 91.0 Å². The second-order valence-corrected chi connectivity index (χ2v) is 3.53. The van der Waals surface area contributed by atoms with Crippen LogP contribution < -0.4 is 0 Å². The zero-order valence-corrected chi connectivity index (χ0v) is 9.44. The lowest BCUT2D eigenvalue weighted by atomic mass is 10.3. The van der Waals surface area contributed by atoms with E-state index in [1.807, 2.05) is 41.8 Å². The Hall–Kier alpha value is -1.51. The van der Waals surface area contributed by atoms with Crippen molar-refractivity contribution in [1.29, 1.82) is 0 Å². The Balaban J connectivity index is 2.70. The van der Waals surface area contributed by atoms with Gasteiger partial charge in [0.25, 0.3) is 0 Å². The Morgan fingerprint density at radius 3 is 2.87 bits per heavy atom. The molecule has 15 heavy (non-hydrogen) atoms. The van der Waals surface area contributed by atoms with Crippen molar-refractivity contribution in [3.8, 4) is 0 Å². The molecule has 1 rings (SSSR count). The van der Waals surface area contributed by atoms with Crippen molar-refractivity contribution in [3.05, 3.63) is 36.7 Å². The number of aryl methyl sites for hydroxylation is 1. The third-order valence-corrected chi connectivity index (χ3v) is 2.41. The quantitative estimate of drug-likeness (QED) is 0.676. The number of rotatable bonds is 5. The molecule has 1 amide bonds. The number of carbonyl (C=O) groups excluding carboxylic acids is 1. The second-order valence-electron chi connectivity index (χ2n) is 3.53. The van der Waals surface area contributed by atoms with Crippen LogP contribution in [0.3, 0.4) is 0 Å². The number of aromatic nitrogens is 1. The highest BCUT2D eigenvalue weighted by Crippen LogP contribution is 2.06. The van der Waals surface area contributed by atoms with E-state index in [2.05, 4.69) is 6.58 Å². The van der Waals surface area contributed by atoms with E-state index in [0.29, 0.717) is 19.5 Å². The van der Waals surface area contributed by atoms with E-state index in [0.717, 1.165) is 5.69 Å². The lowest BCUT2D eigenvalue weighted by Gasteiger charge is -2.20. The van der Waals surface area contributed by atoms with Crippen molar-refractivity contribution in [2.24, 2.45) is 7.05 Å². The molecule has 0 saturated carbocycles. The third-order valence-electron chi connectivity index (χ3n) is 2.41. The highest BCUT2D eigenvalue weighted by Gasteiger charge is 2.11. The van der Waals surface area contributed by atoms with Crippen LogP contribution in [0.1, 0.15) is 19.0 Å². The molecule has 0 bridgehead atoms. The first-order valence-electron chi connectivity index (χ1n) is 5.18. The second kappa shape index (κ2) is 5.39. The molecular weight excluding hydrogens is 188 g/mol. The minimum atomic E-state index is 0.163. The maximum atomic E-state index is 11.6. The summed E-state index contributed by atoms with van der Waals surface area (Å²) < 4.78 is 2.03. The number of hydrogen-bond acceptors (Lipinski definition) is 1. The highest BCUT2D eigenvalue weighted by molar-refractivity contribution is 5.75. The topological polar surface area (TPSA) is 25.2 Å². The molecule has 0 saturated heterocycles. The summed E-state index contributed by atoms with van der Waals surface area (Å²) in [6.45, 7) is 6.81. The molecule has 0 fully saturated rings. The Bertz CT molecular complexity index is 341. The molecule has 0 aliphatic rings. The van der Waals surface area contributed by atoms with Gasteiger partial charge in [-0.3, -0.25) is 4.79 Å². The van der Waals surface area contributed by atoms with Crippen molar-refractivity contribution < 1.29 is 4.79 Å². The third kappa shape index (κ3) is 2.98. The molecule has 0 radical (unpaired) electrons. The van der Waals surface area contributed by atoms with Crippen LogP contribution in [0.25, 0.3) is 0 Å². The standard InChI is InChI=1S/C12H18N2O/c1-4-8-14(12(15)5-2)10-11-7-6-9-13(11)3/h4,6-7,9H,1,5,8,10H2,2-3H3. The van der Waals surface area contributed by atoms with Crippen LogP contribution in [-0.2, 0) is 18.4 Å². The van der Waals surface area contributed by atoms with Crippen LogP contribution in [0, 0.1) is 0 Å². The molecule has 0 aliphatic heterocycles. The van der Waals surface area contributed by atoms with Crippen LogP contribution >= 0.6 is 0 Å². The van der Waals surface area contributed by atoms with E-state index in [1.165, 1.54) is 0 Å². The average Bonchev–Trinajstić information content (AvgIpc) is 2.63. The fraction of sp³-hybridized carbons (Fsp3) is 0.417. The molecule has 0 unspecified atom stereocenters. The normalized spacial score (nSPS) is 10.0. The summed E-state index contributed by atoms with van der Waals surface area (Å²) in [5.41, 5.74) is 1.14. The summed E-state index contributed by atoms with van der Waals surface area (Å²) in [5.74, 6) is 0.163. The molecule has 1 aromatic heterocycles. The SMILES string of the molecule is C=CCN(Cc1cccn1C)C(=O)CC. The maximum absolute atomic E-state index is 11.6. The first kappa shape index (κ1) is 11.6. The van der Waals surface area contributed by atoms with E-state index in [9.17, 15) is 4.79 Å². The molecule has 82 valence electrons. The molecule has 3 heteroatoms. The van der Waals surface area contributed by atoms with E-state index in [4.69, 9.17) is 0 Å². The molecule has 0 atom stereocenters. The number of hydrogen-bond donors (Lipinski definition) is 0. The van der Waals surface area contributed by atoms with Crippen molar-refractivity contribution in [3.63, 3.8) is 0 Å². The predicted molar refractivity (Wildman–Crippen MR) is 61.3 cm³/mol. The largest absolute Gasteiger partial charge is 0.353 e. The van der Waals surface area contributed by atoms with Crippen LogP contribution in [0.4, 0.5) is 0 Å². The lowest BCUT2D eigenvalue weighted by Crippen LogP contribution is -2.30. The minimum Gasteiger partial charge on any atom is -0.353 e. The van der Waals surface area contributed by atoms with Gasteiger partial charge in [-0.15, -0.1) is 6.58 Å². The van der Waals surface area contributed by atoms with Crippen molar-refractivity contribution in [1.82, 2.24) is 9.47 Å². The van der Waals surface area contributed by atoms with Gasteiger partial charge in [0.2, 0.25) is 5.91 Å². The zero-order chi connectivity index (χ0) is 11.3. The molecule has 0 aromatic carbocycles. The lowest BCUT2D eigenvalue weighted by molar-refractivity contribution is -0.131. The first-order chi connectivity index (χ1) is 7.19. The summed E-state index contributed by atoms with van der Waals surface area (Å²) >= 11 is 0. The van der Waals surface area contributed by atoms with Gasteiger partial charge in [0.1, 0.15) is 0 Å². The average molecular weight is 206 g/mol. The van der Waals surface area contributed by atoms with Crippen LogP contribution in [0.2, 0.25) is 0 Å². The molecule has 0 spiro atoms. The zero-order valence-electron chi connectivity index (χ0n) is 9.44. The summed E-state index contributed by atoms with van der Waals surface area (Å²) in [7, 11) is 1.98. The van der Waals surface area contributed by atoms with Gasteiger partial charge < -0.3 is 9.47 Å². The van der Waals surface area contributed by atoms with Gasteiger partial charge in [-0.2, -0.15) is 0 Å². The smallest absolute Gasteiger partial charge is 0.222 e. The van der Waals surface area contributed by atoms with Gasteiger partial charge in [-0.1, -0.05) is 13.0 Å². The highest BCUT2D eigenvalue weighted by atomic mass is 16.2. The van der Waals surface area contributed by atoms with Crippen LogP contribution in [0.5, 0.6) is 0 Å². The Kier molecular flexibility index (Phi) is 4.16. The molecule has 1 heterocycles. The van der Waals surface area contributed by atoms with E-state index < -0.39 is 0 Å². The summed E-state index contributed by atoms with van der Waals surface area (Å²) in [4.78, 5) is 13.4. The molecule has 1 aromatic rings.